The van der Waals surface area contributed by atoms with Gasteiger partial charge in [-0.1, -0.05) is 37.1 Å². The van der Waals surface area contributed by atoms with E-state index in [1.165, 1.54) is 7.11 Å². The molecule has 1 N–H and O–H groups in total. The van der Waals surface area contributed by atoms with E-state index in [2.05, 4.69) is 17.1 Å². The predicted molar refractivity (Wildman–Crippen MR) is 118 cm³/mol. The maximum Gasteiger partial charge on any atom is 0.310 e. The van der Waals surface area contributed by atoms with Gasteiger partial charge in [0.2, 0.25) is 0 Å². The molecule has 158 valence electrons. The number of piperazine rings is 1. The number of rotatable bonds is 4. The number of hydrogen-bond donors (Lipinski definition) is 1. The lowest BCUT2D eigenvalue weighted by molar-refractivity contribution is -0.147. The monoisotopic (exact) mass is 427 g/mol. The zero-order valence-electron chi connectivity index (χ0n) is 17.2. The molecule has 7 heteroatoms. The Morgan fingerprint density at radius 1 is 1.33 bits per heavy atom. The van der Waals surface area contributed by atoms with Gasteiger partial charge in [0, 0.05) is 30.7 Å². The van der Waals surface area contributed by atoms with Crippen LogP contribution in [0.25, 0.3) is 0 Å². The van der Waals surface area contributed by atoms with Crippen LogP contribution in [0.5, 0.6) is 11.5 Å². The molecule has 2 aromatic carbocycles. The number of carbonyl (C=O) groups is 1. The molecule has 0 bridgehead atoms. The van der Waals surface area contributed by atoms with Crippen molar-refractivity contribution in [1.82, 2.24) is 10.2 Å². The summed E-state index contributed by atoms with van der Waals surface area (Å²) >= 11 is 6.23. The fourth-order valence-corrected chi connectivity index (χ4v) is 4.29. The van der Waals surface area contributed by atoms with E-state index in [1.807, 2.05) is 36.4 Å². The van der Waals surface area contributed by atoms with Crippen LogP contribution in [-0.2, 0) is 9.53 Å². The molecule has 6 nitrogen and oxygen atoms in total. The summed E-state index contributed by atoms with van der Waals surface area (Å²) in [6, 6.07) is 13.3. The van der Waals surface area contributed by atoms with Gasteiger partial charge in [-0.3, -0.25) is 4.79 Å². The lowest BCUT2D eigenvalue weighted by Gasteiger charge is -2.38. The molecule has 2 heterocycles. The number of esters is 1. The van der Waals surface area contributed by atoms with E-state index in [1.54, 1.807) is 6.07 Å². The molecule has 2 aliphatic rings. The molecular formula is C23H26ClN3O3. The van der Waals surface area contributed by atoms with Crippen molar-refractivity contribution in [2.45, 2.75) is 25.8 Å². The Labute approximate surface area is 181 Å². The molecule has 1 saturated heterocycles. The Hall–Kier alpha value is -2.57. The lowest BCUT2D eigenvalue weighted by Crippen LogP contribution is -2.56. The number of fused-ring (bicyclic) bond motifs is 2. The first-order valence-corrected chi connectivity index (χ1v) is 10.7. The number of methoxy groups -OCH3 is 1. The molecule has 0 aliphatic carbocycles. The number of para-hydroxylation sites is 1. The number of carbonyl (C=O) groups excluding carboxylic acids is 1. The summed E-state index contributed by atoms with van der Waals surface area (Å²) in [5, 5.41) is 4.12. The Bertz CT molecular complexity index is 962. The third-order valence-corrected chi connectivity index (χ3v) is 5.82. The van der Waals surface area contributed by atoms with Crippen LogP contribution in [0.4, 0.5) is 5.69 Å². The third-order valence-electron chi connectivity index (χ3n) is 5.59. The normalized spacial score (nSPS) is 19.0. The third kappa shape index (κ3) is 4.16. The average Bonchev–Trinajstić information content (AvgIpc) is 2.93. The van der Waals surface area contributed by atoms with Crippen molar-refractivity contribution in [3.05, 3.63) is 53.1 Å². The smallest absolute Gasteiger partial charge is 0.310 e. The summed E-state index contributed by atoms with van der Waals surface area (Å²) < 4.78 is 11.2. The standard InChI is InChI=1S/C23H26ClN3O3/c1-3-6-16(23(28)29-2)19-14-27(12-11-25-19)22-17-7-4-5-8-20(17)30-21-10-9-15(24)13-18(21)26-22/h4-5,7-10,13,16,19,25H,3,6,11-12,14H2,1-2H3. The SMILES string of the molecule is CCCC(C(=O)OC)C1CN(C2=Nc3cc(Cl)ccc3Oc3ccccc32)CCN1. The van der Waals surface area contributed by atoms with Gasteiger partial charge in [-0.25, -0.2) is 4.99 Å². The van der Waals surface area contributed by atoms with Crippen molar-refractivity contribution in [2.24, 2.45) is 10.9 Å². The molecule has 2 unspecified atom stereocenters. The van der Waals surface area contributed by atoms with E-state index >= 15 is 0 Å². The van der Waals surface area contributed by atoms with Crippen molar-refractivity contribution >= 4 is 29.1 Å². The average molecular weight is 428 g/mol. The molecule has 2 aliphatic heterocycles. The van der Waals surface area contributed by atoms with Gasteiger partial charge in [0.15, 0.2) is 5.75 Å². The van der Waals surface area contributed by atoms with Gasteiger partial charge in [-0.05, 0) is 36.8 Å². The number of benzene rings is 2. The fraction of sp³-hybridized carbons (Fsp3) is 0.391. The van der Waals surface area contributed by atoms with E-state index in [9.17, 15) is 4.79 Å². The number of ether oxygens (including phenoxy) is 2. The highest BCUT2D eigenvalue weighted by atomic mass is 35.5. The quantitative estimate of drug-likeness (QED) is 0.733. The highest BCUT2D eigenvalue weighted by Gasteiger charge is 2.34. The highest BCUT2D eigenvalue weighted by Crippen LogP contribution is 2.39. The van der Waals surface area contributed by atoms with E-state index in [0.29, 0.717) is 23.0 Å². The van der Waals surface area contributed by atoms with Gasteiger partial charge in [0.05, 0.1) is 18.6 Å². The summed E-state index contributed by atoms with van der Waals surface area (Å²) in [5.74, 6) is 1.90. The second-order valence-corrected chi connectivity index (χ2v) is 8.01. The van der Waals surface area contributed by atoms with Gasteiger partial charge < -0.3 is 19.7 Å². The lowest BCUT2D eigenvalue weighted by atomic mass is 9.92. The van der Waals surface area contributed by atoms with Crippen LogP contribution in [0, 0.1) is 5.92 Å². The minimum absolute atomic E-state index is 0.0102. The van der Waals surface area contributed by atoms with Crippen LogP contribution in [0.15, 0.2) is 47.5 Å². The summed E-state index contributed by atoms with van der Waals surface area (Å²) in [4.78, 5) is 19.6. The summed E-state index contributed by atoms with van der Waals surface area (Å²) in [7, 11) is 1.45. The summed E-state index contributed by atoms with van der Waals surface area (Å²) in [6.45, 7) is 4.27. The molecule has 30 heavy (non-hydrogen) atoms. The molecular weight excluding hydrogens is 402 g/mol. The van der Waals surface area contributed by atoms with Crippen molar-refractivity contribution in [3.63, 3.8) is 0 Å². The van der Waals surface area contributed by atoms with Gasteiger partial charge >= 0.3 is 5.97 Å². The number of amidine groups is 1. The van der Waals surface area contributed by atoms with Crippen molar-refractivity contribution in [1.29, 1.82) is 0 Å². The number of halogens is 1. The van der Waals surface area contributed by atoms with E-state index in [4.69, 9.17) is 26.1 Å². The molecule has 1 fully saturated rings. The molecule has 2 atom stereocenters. The highest BCUT2D eigenvalue weighted by molar-refractivity contribution is 6.31. The first kappa shape index (κ1) is 20.7. The van der Waals surface area contributed by atoms with E-state index < -0.39 is 0 Å². The topological polar surface area (TPSA) is 63.2 Å². The Balaban J connectivity index is 1.71. The molecule has 0 spiro atoms. The molecule has 0 amide bonds. The van der Waals surface area contributed by atoms with Gasteiger partial charge in [0.1, 0.15) is 17.3 Å². The zero-order valence-corrected chi connectivity index (χ0v) is 18.0. The zero-order chi connectivity index (χ0) is 21.1. The molecule has 0 aromatic heterocycles. The maximum atomic E-state index is 12.4. The van der Waals surface area contributed by atoms with Crippen molar-refractivity contribution in [2.75, 3.05) is 26.7 Å². The van der Waals surface area contributed by atoms with Gasteiger partial charge in [0.25, 0.3) is 0 Å². The summed E-state index contributed by atoms with van der Waals surface area (Å²) in [6.07, 6.45) is 1.70. The molecule has 0 saturated carbocycles. The number of nitrogens with zero attached hydrogens (tertiary/aromatic N) is 2. The van der Waals surface area contributed by atoms with Crippen molar-refractivity contribution in [3.8, 4) is 11.5 Å². The first-order chi connectivity index (χ1) is 14.6. The molecule has 2 aromatic rings. The van der Waals surface area contributed by atoms with Gasteiger partial charge in [-0.15, -0.1) is 0 Å². The number of aliphatic imine (C=N–C) groups is 1. The Kier molecular flexibility index (Phi) is 6.25. The van der Waals surface area contributed by atoms with Gasteiger partial charge in [-0.2, -0.15) is 0 Å². The Morgan fingerprint density at radius 2 is 2.17 bits per heavy atom. The van der Waals surface area contributed by atoms with Crippen LogP contribution in [0.1, 0.15) is 25.3 Å². The maximum absolute atomic E-state index is 12.4. The van der Waals surface area contributed by atoms with Crippen LogP contribution in [0.2, 0.25) is 5.02 Å². The minimum atomic E-state index is -0.192. The molecule has 0 radical (unpaired) electrons. The molecule has 4 rings (SSSR count). The second-order valence-electron chi connectivity index (χ2n) is 7.57. The van der Waals surface area contributed by atoms with Crippen LogP contribution >= 0.6 is 11.6 Å². The predicted octanol–water partition coefficient (Wildman–Crippen LogP) is 4.39. The fourth-order valence-electron chi connectivity index (χ4n) is 4.12. The first-order valence-electron chi connectivity index (χ1n) is 10.3. The number of hydrogen-bond acceptors (Lipinski definition) is 6. The largest absolute Gasteiger partial charge is 0.469 e. The summed E-state index contributed by atoms with van der Waals surface area (Å²) in [5.41, 5.74) is 1.62. The van der Waals surface area contributed by atoms with Crippen LogP contribution < -0.4 is 10.1 Å². The van der Waals surface area contributed by atoms with E-state index in [-0.39, 0.29) is 17.9 Å². The van der Waals surface area contributed by atoms with E-state index in [0.717, 1.165) is 43.1 Å². The van der Waals surface area contributed by atoms with Crippen LogP contribution in [0.3, 0.4) is 0 Å². The second kappa shape index (κ2) is 9.06. The van der Waals surface area contributed by atoms with Crippen LogP contribution in [-0.4, -0.2) is 49.5 Å². The number of nitrogens with one attached hydrogen (secondary N) is 1. The minimum Gasteiger partial charge on any atom is -0.469 e. The van der Waals surface area contributed by atoms with Crippen molar-refractivity contribution < 1.29 is 14.3 Å². The Morgan fingerprint density at radius 3 is 2.97 bits per heavy atom.